The molecular weight excluding hydrogens is 784 g/mol. The SMILES string of the molecule is Cc1nn(-c2[c-]c(Oc3[c-]c4c(cc3)c3cc(CCC(C)C)ccc3n4-c3cc(C(C)(C)C)ccn3)ccc2)c(C)c1-c1ccccc1.[Pt+2]. The van der Waals surface area contributed by atoms with Crippen molar-refractivity contribution in [3.8, 4) is 34.1 Å². The molecule has 0 aliphatic carbocycles. The van der Waals surface area contributed by atoms with E-state index in [4.69, 9.17) is 14.8 Å². The average Bonchev–Trinajstić information content (AvgIpc) is 3.56. The standard InChI is InChI=1S/C43H42N4O.Pt/c1-28(2)16-17-31-18-21-39-38(24-31)37-20-19-36(27-40(37)46(39)41-25-33(22-23-44-41)43(5,6)7)48-35-15-11-14-34(26-35)47-30(4)42(29(3)45-47)32-12-9-8-10-13-32;/h8-15,18-25,28H,16-17H2,1-7H3;/q-2;+2. The van der Waals surface area contributed by atoms with Gasteiger partial charge in [-0.25, -0.2) is 4.98 Å². The number of benzene rings is 4. The van der Waals surface area contributed by atoms with E-state index in [1.54, 1.807) is 0 Å². The van der Waals surface area contributed by atoms with E-state index in [0.717, 1.165) is 63.3 Å². The second-order valence-corrected chi connectivity index (χ2v) is 14.2. The summed E-state index contributed by atoms with van der Waals surface area (Å²) in [6, 6.07) is 38.7. The molecule has 49 heavy (non-hydrogen) atoms. The number of rotatable bonds is 8. The molecule has 6 heteroatoms. The van der Waals surface area contributed by atoms with E-state index in [-0.39, 0.29) is 26.5 Å². The Morgan fingerprint density at radius 2 is 1.59 bits per heavy atom. The summed E-state index contributed by atoms with van der Waals surface area (Å²) in [5.41, 5.74) is 9.75. The summed E-state index contributed by atoms with van der Waals surface area (Å²) in [6.45, 7) is 15.4. The Morgan fingerprint density at radius 3 is 2.35 bits per heavy atom. The maximum absolute atomic E-state index is 6.48. The van der Waals surface area contributed by atoms with Crippen molar-refractivity contribution in [2.24, 2.45) is 5.92 Å². The topological polar surface area (TPSA) is 44.9 Å². The van der Waals surface area contributed by atoms with Gasteiger partial charge in [-0.1, -0.05) is 82.6 Å². The van der Waals surface area contributed by atoms with Gasteiger partial charge in [0.15, 0.2) is 0 Å². The van der Waals surface area contributed by atoms with E-state index in [1.807, 2.05) is 41.2 Å². The van der Waals surface area contributed by atoms with Gasteiger partial charge in [0.2, 0.25) is 0 Å². The van der Waals surface area contributed by atoms with Crippen LogP contribution in [0.5, 0.6) is 11.5 Å². The van der Waals surface area contributed by atoms with Gasteiger partial charge in [0, 0.05) is 34.5 Å². The van der Waals surface area contributed by atoms with E-state index >= 15 is 0 Å². The van der Waals surface area contributed by atoms with Crippen molar-refractivity contribution in [2.75, 3.05) is 0 Å². The van der Waals surface area contributed by atoms with Crippen molar-refractivity contribution >= 4 is 21.8 Å². The summed E-state index contributed by atoms with van der Waals surface area (Å²) in [5, 5.41) is 7.20. The number of aryl methyl sites for hydroxylation is 2. The minimum absolute atomic E-state index is 0. The maximum Gasteiger partial charge on any atom is 2.00 e. The second kappa shape index (κ2) is 13.8. The summed E-state index contributed by atoms with van der Waals surface area (Å²) in [5.74, 6) is 2.74. The number of aromatic nitrogens is 4. The summed E-state index contributed by atoms with van der Waals surface area (Å²) >= 11 is 0. The molecule has 0 unspecified atom stereocenters. The molecule has 0 fully saturated rings. The van der Waals surface area contributed by atoms with Crippen LogP contribution < -0.4 is 4.74 Å². The van der Waals surface area contributed by atoms with Gasteiger partial charge < -0.3 is 9.30 Å². The first-order chi connectivity index (χ1) is 23.1. The van der Waals surface area contributed by atoms with Crippen molar-refractivity contribution in [2.45, 2.75) is 66.7 Å². The molecule has 0 saturated heterocycles. The Bertz CT molecular complexity index is 2260. The molecule has 0 atom stereocenters. The molecule has 0 amide bonds. The first-order valence-electron chi connectivity index (χ1n) is 16.9. The molecule has 0 aliphatic rings. The first kappa shape index (κ1) is 34.4. The van der Waals surface area contributed by atoms with Gasteiger partial charge in [-0.05, 0) is 84.0 Å². The Labute approximate surface area is 304 Å². The van der Waals surface area contributed by atoms with E-state index in [2.05, 4.69) is 126 Å². The molecule has 0 aliphatic heterocycles. The van der Waals surface area contributed by atoms with E-state index in [9.17, 15) is 0 Å². The number of nitrogens with zero attached hydrogens (tertiary/aromatic N) is 4. The molecule has 4 aromatic carbocycles. The zero-order chi connectivity index (χ0) is 33.6. The fourth-order valence-corrected chi connectivity index (χ4v) is 6.52. The number of fused-ring (bicyclic) bond motifs is 3. The Morgan fingerprint density at radius 1 is 0.816 bits per heavy atom. The van der Waals surface area contributed by atoms with Gasteiger partial charge in [0.25, 0.3) is 0 Å². The van der Waals surface area contributed by atoms with Crippen LogP contribution in [0.25, 0.3) is 44.4 Å². The van der Waals surface area contributed by atoms with Crippen molar-refractivity contribution in [3.05, 3.63) is 132 Å². The molecule has 3 aromatic heterocycles. The summed E-state index contributed by atoms with van der Waals surface area (Å²) in [4.78, 5) is 4.86. The Balaban J connectivity index is 0.00000417. The van der Waals surface area contributed by atoms with Gasteiger partial charge in [-0.2, -0.15) is 17.2 Å². The number of ether oxygens (including phenoxy) is 1. The third-order valence-electron chi connectivity index (χ3n) is 9.12. The third-order valence-corrected chi connectivity index (χ3v) is 9.12. The van der Waals surface area contributed by atoms with Crippen LogP contribution in [-0.4, -0.2) is 19.3 Å². The quantitative estimate of drug-likeness (QED) is 0.143. The fourth-order valence-electron chi connectivity index (χ4n) is 6.52. The molecule has 0 saturated carbocycles. The maximum atomic E-state index is 6.48. The monoisotopic (exact) mass is 825 g/mol. The molecule has 7 aromatic rings. The van der Waals surface area contributed by atoms with Gasteiger partial charge in [0.05, 0.1) is 5.69 Å². The average molecular weight is 826 g/mol. The summed E-state index contributed by atoms with van der Waals surface area (Å²) in [7, 11) is 0. The van der Waals surface area contributed by atoms with Crippen LogP contribution in [0.2, 0.25) is 0 Å². The van der Waals surface area contributed by atoms with E-state index in [1.165, 1.54) is 16.5 Å². The zero-order valence-electron chi connectivity index (χ0n) is 29.2. The van der Waals surface area contributed by atoms with E-state index < -0.39 is 0 Å². The van der Waals surface area contributed by atoms with Gasteiger partial charge >= 0.3 is 21.1 Å². The smallest absolute Gasteiger partial charge is 0.509 e. The first-order valence-corrected chi connectivity index (χ1v) is 16.9. The largest absolute Gasteiger partial charge is 2.00 e. The van der Waals surface area contributed by atoms with Crippen LogP contribution in [0.3, 0.4) is 0 Å². The Hall–Kier alpha value is -4.47. The number of hydrogen-bond donors (Lipinski definition) is 0. The molecule has 5 nitrogen and oxygen atoms in total. The normalized spacial score (nSPS) is 11.8. The molecule has 3 heterocycles. The van der Waals surface area contributed by atoms with Crippen LogP contribution in [0.1, 0.15) is 63.6 Å². The summed E-state index contributed by atoms with van der Waals surface area (Å²) < 4.78 is 10.6. The van der Waals surface area contributed by atoms with Crippen molar-refractivity contribution in [1.82, 2.24) is 19.3 Å². The third kappa shape index (κ3) is 6.87. The van der Waals surface area contributed by atoms with E-state index in [0.29, 0.717) is 17.4 Å². The van der Waals surface area contributed by atoms with Crippen LogP contribution in [-0.2, 0) is 32.9 Å². The minimum Gasteiger partial charge on any atom is -0.509 e. The van der Waals surface area contributed by atoms with Crippen LogP contribution in [0.15, 0.2) is 97.2 Å². The predicted molar refractivity (Wildman–Crippen MR) is 197 cm³/mol. The fraction of sp³-hybridized carbons (Fsp3) is 0.256. The van der Waals surface area contributed by atoms with Crippen LogP contribution >= 0.6 is 0 Å². The summed E-state index contributed by atoms with van der Waals surface area (Å²) in [6.07, 6.45) is 4.12. The number of pyridine rings is 1. The Kier molecular flexibility index (Phi) is 9.69. The molecule has 0 bridgehead atoms. The van der Waals surface area contributed by atoms with Crippen LogP contribution in [0, 0.1) is 31.9 Å². The molecule has 0 spiro atoms. The molecule has 250 valence electrons. The van der Waals surface area contributed by atoms with Gasteiger partial charge in [-0.3, -0.25) is 4.68 Å². The molecule has 7 rings (SSSR count). The molecular formula is C43H42N4OPt. The molecule has 0 N–H and O–H groups in total. The zero-order valence-corrected chi connectivity index (χ0v) is 31.5. The molecule has 0 radical (unpaired) electrons. The van der Waals surface area contributed by atoms with Gasteiger partial charge in [-0.15, -0.1) is 35.7 Å². The van der Waals surface area contributed by atoms with Crippen molar-refractivity contribution in [1.29, 1.82) is 0 Å². The second-order valence-electron chi connectivity index (χ2n) is 14.2. The van der Waals surface area contributed by atoms with Crippen molar-refractivity contribution in [3.63, 3.8) is 0 Å². The van der Waals surface area contributed by atoms with Crippen molar-refractivity contribution < 1.29 is 25.8 Å². The predicted octanol–water partition coefficient (Wildman–Crippen LogP) is 10.9. The number of hydrogen-bond acceptors (Lipinski definition) is 3. The van der Waals surface area contributed by atoms with Crippen LogP contribution in [0.4, 0.5) is 0 Å². The van der Waals surface area contributed by atoms with Gasteiger partial charge in [0.1, 0.15) is 5.82 Å². The minimum atomic E-state index is -0.00731.